The molecule has 0 radical (unpaired) electrons. The van der Waals surface area contributed by atoms with Crippen LogP contribution < -0.4 is 10.6 Å². The van der Waals surface area contributed by atoms with Gasteiger partial charge < -0.3 is 15.4 Å². The lowest BCUT2D eigenvalue weighted by molar-refractivity contribution is 0.193. The third kappa shape index (κ3) is 2.08. The quantitative estimate of drug-likeness (QED) is 0.766. The molecule has 2 rings (SSSR count). The normalized spacial score (nSPS) is 20.5. The van der Waals surface area contributed by atoms with Crippen molar-refractivity contribution in [1.29, 1.82) is 0 Å². The van der Waals surface area contributed by atoms with Crippen LogP contribution in [0.4, 0.5) is 5.82 Å². The van der Waals surface area contributed by atoms with Crippen LogP contribution in [-0.2, 0) is 11.3 Å². The van der Waals surface area contributed by atoms with Crippen molar-refractivity contribution in [3.05, 3.63) is 18.1 Å². The molecular formula is C10H16N4O. The Morgan fingerprint density at radius 2 is 2.33 bits per heavy atom. The molecule has 1 aliphatic heterocycles. The maximum Gasteiger partial charge on any atom is 0.151 e. The van der Waals surface area contributed by atoms with Crippen LogP contribution in [0.1, 0.15) is 12.1 Å². The highest BCUT2D eigenvalue weighted by Crippen LogP contribution is 2.19. The SMILES string of the molecule is CN(c1nccnc1CN)C1CCOC1. The highest BCUT2D eigenvalue weighted by molar-refractivity contribution is 5.43. The van der Waals surface area contributed by atoms with Crippen molar-refractivity contribution in [2.24, 2.45) is 5.73 Å². The fourth-order valence-electron chi connectivity index (χ4n) is 1.80. The molecule has 5 heteroatoms. The molecule has 1 aromatic rings. The van der Waals surface area contributed by atoms with Crippen molar-refractivity contribution in [2.75, 3.05) is 25.2 Å². The molecule has 5 nitrogen and oxygen atoms in total. The van der Waals surface area contributed by atoms with Crippen molar-refractivity contribution in [3.63, 3.8) is 0 Å². The van der Waals surface area contributed by atoms with Crippen LogP contribution in [0.5, 0.6) is 0 Å². The molecule has 15 heavy (non-hydrogen) atoms. The number of nitrogens with zero attached hydrogens (tertiary/aromatic N) is 3. The highest BCUT2D eigenvalue weighted by atomic mass is 16.5. The second-order valence-corrected chi connectivity index (χ2v) is 3.66. The summed E-state index contributed by atoms with van der Waals surface area (Å²) in [5.41, 5.74) is 6.47. The van der Waals surface area contributed by atoms with Gasteiger partial charge in [-0.15, -0.1) is 0 Å². The lowest BCUT2D eigenvalue weighted by Gasteiger charge is -2.25. The summed E-state index contributed by atoms with van der Waals surface area (Å²) < 4.78 is 5.35. The lowest BCUT2D eigenvalue weighted by Crippen LogP contribution is -2.33. The third-order valence-corrected chi connectivity index (χ3v) is 2.73. The first-order valence-electron chi connectivity index (χ1n) is 5.13. The van der Waals surface area contributed by atoms with Crippen LogP contribution in [0, 0.1) is 0 Å². The minimum atomic E-state index is 0.395. The first kappa shape index (κ1) is 10.3. The van der Waals surface area contributed by atoms with Gasteiger partial charge in [0.05, 0.1) is 18.3 Å². The third-order valence-electron chi connectivity index (χ3n) is 2.73. The summed E-state index contributed by atoms with van der Waals surface area (Å²) in [6, 6.07) is 0.395. The van der Waals surface area contributed by atoms with Crippen LogP contribution in [0.15, 0.2) is 12.4 Å². The summed E-state index contributed by atoms with van der Waals surface area (Å²) >= 11 is 0. The zero-order valence-electron chi connectivity index (χ0n) is 8.89. The Labute approximate surface area is 89.3 Å². The number of ether oxygens (including phenoxy) is 1. The number of hydrogen-bond acceptors (Lipinski definition) is 5. The molecule has 82 valence electrons. The maximum atomic E-state index is 5.63. The van der Waals surface area contributed by atoms with Gasteiger partial charge in [-0.25, -0.2) is 4.98 Å². The minimum Gasteiger partial charge on any atom is -0.379 e. The smallest absolute Gasteiger partial charge is 0.151 e. The van der Waals surface area contributed by atoms with E-state index in [1.54, 1.807) is 12.4 Å². The van der Waals surface area contributed by atoms with Gasteiger partial charge in [-0.05, 0) is 6.42 Å². The minimum absolute atomic E-state index is 0.395. The van der Waals surface area contributed by atoms with Gasteiger partial charge in [0.2, 0.25) is 0 Å². The van der Waals surface area contributed by atoms with E-state index in [0.29, 0.717) is 12.6 Å². The van der Waals surface area contributed by atoms with Crippen LogP contribution in [0.3, 0.4) is 0 Å². The van der Waals surface area contributed by atoms with Crippen LogP contribution in [0.2, 0.25) is 0 Å². The topological polar surface area (TPSA) is 64.3 Å². The van der Waals surface area contributed by atoms with Crippen molar-refractivity contribution < 1.29 is 4.74 Å². The van der Waals surface area contributed by atoms with E-state index >= 15 is 0 Å². The van der Waals surface area contributed by atoms with E-state index in [0.717, 1.165) is 31.1 Å². The van der Waals surface area contributed by atoms with Crippen LogP contribution in [0.25, 0.3) is 0 Å². The van der Waals surface area contributed by atoms with Crippen molar-refractivity contribution >= 4 is 5.82 Å². The molecule has 0 spiro atoms. The van der Waals surface area contributed by atoms with Gasteiger partial charge in [0.1, 0.15) is 0 Å². The van der Waals surface area contributed by atoms with E-state index in [9.17, 15) is 0 Å². The summed E-state index contributed by atoms with van der Waals surface area (Å²) in [6.45, 7) is 2.01. The molecule has 0 aliphatic carbocycles. The van der Waals surface area contributed by atoms with Crippen molar-refractivity contribution in [2.45, 2.75) is 19.0 Å². The summed E-state index contributed by atoms with van der Waals surface area (Å²) in [4.78, 5) is 10.7. The fraction of sp³-hybridized carbons (Fsp3) is 0.600. The van der Waals surface area contributed by atoms with Gasteiger partial charge in [0.15, 0.2) is 5.82 Å². The summed E-state index contributed by atoms with van der Waals surface area (Å²) in [6.07, 6.45) is 4.41. The summed E-state index contributed by atoms with van der Waals surface area (Å²) in [5, 5.41) is 0. The first-order valence-corrected chi connectivity index (χ1v) is 5.13. The van der Waals surface area contributed by atoms with Gasteiger partial charge in [0, 0.05) is 32.6 Å². The Morgan fingerprint density at radius 1 is 1.53 bits per heavy atom. The van der Waals surface area contributed by atoms with E-state index in [4.69, 9.17) is 10.5 Å². The van der Waals surface area contributed by atoms with E-state index in [-0.39, 0.29) is 0 Å². The molecule has 0 saturated carbocycles. The maximum absolute atomic E-state index is 5.63. The molecule has 2 N–H and O–H groups in total. The van der Waals surface area contributed by atoms with Gasteiger partial charge >= 0.3 is 0 Å². The van der Waals surface area contributed by atoms with Gasteiger partial charge in [-0.2, -0.15) is 0 Å². The van der Waals surface area contributed by atoms with Crippen molar-refractivity contribution in [1.82, 2.24) is 9.97 Å². The van der Waals surface area contributed by atoms with Gasteiger partial charge in [-0.3, -0.25) is 4.98 Å². The molecule has 1 aliphatic rings. The number of anilines is 1. The van der Waals surface area contributed by atoms with E-state index < -0.39 is 0 Å². The standard InChI is InChI=1S/C10H16N4O/c1-14(8-2-5-15-7-8)10-9(6-11)12-3-4-13-10/h3-4,8H,2,5-7,11H2,1H3. The molecule has 0 bridgehead atoms. The second-order valence-electron chi connectivity index (χ2n) is 3.66. The molecule has 1 fully saturated rings. The Bertz CT molecular complexity index is 325. The number of aromatic nitrogens is 2. The fourth-order valence-corrected chi connectivity index (χ4v) is 1.80. The second kappa shape index (κ2) is 4.55. The number of rotatable bonds is 3. The number of likely N-dealkylation sites (N-methyl/N-ethyl adjacent to an activating group) is 1. The molecule has 1 aromatic heterocycles. The molecular weight excluding hydrogens is 192 g/mol. The predicted octanol–water partition coefficient (Wildman–Crippen LogP) is 0.160. The summed E-state index contributed by atoms with van der Waals surface area (Å²) in [5.74, 6) is 0.871. The number of hydrogen-bond donors (Lipinski definition) is 1. The monoisotopic (exact) mass is 208 g/mol. The molecule has 1 atom stereocenters. The largest absolute Gasteiger partial charge is 0.379 e. The Balaban J connectivity index is 2.19. The zero-order valence-corrected chi connectivity index (χ0v) is 8.89. The average molecular weight is 208 g/mol. The first-order chi connectivity index (χ1) is 7.33. The van der Waals surface area contributed by atoms with E-state index in [2.05, 4.69) is 14.9 Å². The molecule has 0 amide bonds. The van der Waals surface area contributed by atoms with E-state index in [1.807, 2.05) is 7.05 Å². The van der Waals surface area contributed by atoms with Gasteiger partial charge in [-0.1, -0.05) is 0 Å². The zero-order chi connectivity index (χ0) is 10.7. The Morgan fingerprint density at radius 3 is 3.00 bits per heavy atom. The highest BCUT2D eigenvalue weighted by Gasteiger charge is 2.22. The average Bonchev–Trinajstić information content (AvgIpc) is 2.81. The molecule has 1 unspecified atom stereocenters. The van der Waals surface area contributed by atoms with Crippen LogP contribution in [-0.4, -0.2) is 36.3 Å². The summed E-state index contributed by atoms with van der Waals surface area (Å²) in [7, 11) is 2.02. The molecule has 0 aromatic carbocycles. The van der Waals surface area contributed by atoms with Crippen molar-refractivity contribution in [3.8, 4) is 0 Å². The molecule has 2 heterocycles. The predicted molar refractivity (Wildman–Crippen MR) is 57.6 cm³/mol. The lowest BCUT2D eigenvalue weighted by atomic mass is 10.2. The van der Waals surface area contributed by atoms with Gasteiger partial charge in [0.25, 0.3) is 0 Å². The molecule has 1 saturated heterocycles. The van der Waals surface area contributed by atoms with Crippen LogP contribution >= 0.6 is 0 Å². The number of nitrogens with two attached hydrogens (primary N) is 1. The Kier molecular flexibility index (Phi) is 3.13. The Hall–Kier alpha value is -1.20. The van der Waals surface area contributed by atoms with E-state index in [1.165, 1.54) is 0 Å².